The Morgan fingerprint density at radius 1 is 1.31 bits per heavy atom. The molecule has 0 atom stereocenters. The normalized spacial score (nSPS) is 8.85. The van der Waals surface area contributed by atoms with E-state index in [-0.39, 0.29) is 40.0 Å². The van der Waals surface area contributed by atoms with Crippen LogP contribution in [0.25, 0.3) is 0 Å². The number of ether oxygens (including phenoxy) is 1. The Bertz CT molecular complexity index is 201. The Hall–Kier alpha value is 0.426. The van der Waals surface area contributed by atoms with Crippen LogP contribution in [0.3, 0.4) is 0 Å². The van der Waals surface area contributed by atoms with Gasteiger partial charge in [-0.15, -0.1) is 5.56 Å². The molecule has 0 aliphatic carbocycles. The van der Waals surface area contributed by atoms with Crippen LogP contribution in [0.2, 0.25) is 0 Å². The number of halogens is 1. The third-order valence-corrected chi connectivity index (χ3v) is 1.37. The largest absolute Gasteiger partial charge is 2.00 e. The van der Waals surface area contributed by atoms with Gasteiger partial charge in [-0.2, -0.15) is 30.3 Å². The summed E-state index contributed by atoms with van der Waals surface area (Å²) >= 11 is 0. The van der Waals surface area contributed by atoms with Crippen molar-refractivity contribution in [2.45, 2.75) is 26.6 Å². The van der Waals surface area contributed by atoms with Gasteiger partial charge in [0.1, 0.15) is 0 Å². The maximum absolute atomic E-state index is 5.41. The minimum Gasteiger partial charge on any atom is -1.00 e. The van der Waals surface area contributed by atoms with Crippen LogP contribution >= 0.6 is 0 Å². The van der Waals surface area contributed by atoms with E-state index in [1.54, 1.807) is 0 Å². The summed E-state index contributed by atoms with van der Waals surface area (Å²) in [6.07, 6.45) is 0.305. The molecule has 0 aromatic heterocycles. The first kappa shape index (κ1) is 15.9. The molecule has 0 saturated heterocycles. The van der Waals surface area contributed by atoms with Crippen LogP contribution in [-0.4, -0.2) is 29.2 Å². The summed E-state index contributed by atoms with van der Waals surface area (Å²) in [4.78, 5) is 0. The Kier molecular flexibility index (Phi) is 11.0. The Balaban J connectivity index is 0. The molecular formula is C10H13BrMgO. The Labute approximate surface area is 107 Å². The van der Waals surface area contributed by atoms with E-state index in [4.69, 9.17) is 4.74 Å². The van der Waals surface area contributed by atoms with Gasteiger partial charge in [-0.1, -0.05) is 0 Å². The zero-order chi connectivity index (χ0) is 8.10. The summed E-state index contributed by atoms with van der Waals surface area (Å²) in [5.41, 5.74) is 1.21. The number of benzene rings is 1. The predicted octanol–water partition coefficient (Wildman–Crippen LogP) is -0.965. The monoisotopic (exact) mass is 252 g/mol. The van der Waals surface area contributed by atoms with Crippen LogP contribution in [0.4, 0.5) is 0 Å². The molecule has 0 aliphatic rings. The van der Waals surface area contributed by atoms with Crippen molar-refractivity contribution < 1.29 is 21.7 Å². The fourth-order valence-corrected chi connectivity index (χ4v) is 0.781. The Morgan fingerprint density at radius 2 is 1.85 bits per heavy atom. The van der Waals surface area contributed by atoms with E-state index in [1.807, 2.05) is 38.1 Å². The van der Waals surface area contributed by atoms with Gasteiger partial charge < -0.3 is 21.7 Å². The maximum atomic E-state index is 5.41. The fourth-order valence-electron chi connectivity index (χ4n) is 0.781. The molecule has 0 saturated carbocycles. The topological polar surface area (TPSA) is 9.23 Å². The van der Waals surface area contributed by atoms with Crippen molar-refractivity contribution in [3.63, 3.8) is 0 Å². The minimum atomic E-state index is 0. The molecule has 0 spiro atoms. The van der Waals surface area contributed by atoms with E-state index in [2.05, 4.69) is 6.07 Å². The van der Waals surface area contributed by atoms with Gasteiger partial charge in [0.05, 0.1) is 6.10 Å². The van der Waals surface area contributed by atoms with E-state index in [1.165, 1.54) is 5.56 Å². The van der Waals surface area contributed by atoms with E-state index in [0.717, 1.165) is 0 Å². The summed E-state index contributed by atoms with van der Waals surface area (Å²) in [5, 5.41) is 0. The molecule has 0 radical (unpaired) electrons. The van der Waals surface area contributed by atoms with Gasteiger partial charge in [0.2, 0.25) is 0 Å². The van der Waals surface area contributed by atoms with Crippen molar-refractivity contribution in [1.29, 1.82) is 0 Å². The summed E-state index contributed by atoms with van der Waals surface area (Å²) in [5.74, 6) is 0. The number of rotatable bonds is 3. The zero-order valence-corrected chi connectivity index (χ0v) is 11.1. The van der Waals surface area contributed by atoms with E-state index in [0.29, 0.717) is 12.7 Å². The van der Waals surface area contributed by atoms with Crippen molar-refractivity contribution in [3.8, 4) is 0 Å². The molecule has 1 nitrogen and oxygen atoms in total. The smallest absolute Gasteiger partial charge is 1.00 e. The van der Waals surface area contributed by atoms with Gasteiger partial charge in [-0.05, 0) is 13.8 Å². The first-order valence-electron chi connectivity index (χ1n) is 3.85. The molecule has 13 heavy (non-hydrogen) atoms. The predicted molar refractivity (Wildman–Crippen MR) is 51.0 cm³/mol. The van der Waals surface area contributed by atoms with E-state index in [9.17, 15) is 0 Å². The van der Waals surface area contributed by atoms with Gasteiger partial charge in [-0.3, -0.25) is 0 Å². The van der Waals surface area contributed by atoms with Crippen LogP contribution in [-0.2, 0) is 11.3 Å². The summed E-state index contributed by atoms with van der Waals surface area (Å²) in [7, 11) is 0. The van der Waals surface area contributed by atoms with Crippen molar-refractivity contribution in [3.05, 3.63) is 35.9 Å². The summed E-state index contributed by atoms with van der Waals surface area (Å²) in [6, 6.07) is 10.8. The van der Waals surface area contributed by atoms with Crippen molar-refractivity contribution in [1.82, 2.24) is 0 Å². The third kappa shape index (κ3) is 7.49. The quantitative estimate of drug-likeness (QED) is 0.498. The van der Waals surface area contributed by atoms with Crippen LogP contribution in [0.15, 0.2) is 24.3 Å². The van der Waals surface area contributed by atoms with Crippen LogP contribution in [0.1, 0.15) is 19.4 Å². The first-order valence-corrected chi connectivity index (χ1v) is 3.85. The van der Waals surface area contributed by atoms with E-state index >= 15 is 0 Å². The van der Waals surface area contributed by atoms with Crippen LogP contribution < -0.4 is 17.0 Å². The molecule has 68 valence electrons. The molecule has 1 aromatic rings. The van der Waals surface area contributed by atoms with Crippen LogP contribution in [0, 0.1) is 6.07 Å². The average molecular weight is 253 g/mol. The molecule has 0 unspecified atom stereocenters. The van der Waals surface area contributed by atoms with Gasteiger partial charge >= 0.3 is 23.1 Å². The molecule has 0 amide bonds. The van der Waals surface area contributed by atoms with Gasteiger partial charge in [-0.25, -0.2) is 0 Å². The van der Waals surface area contributed by atoms with Crippen molar-refractivity contribution >= 4 is 23.1 Å². The number of hydrogen-bond acceptors (Lipinski definition) is 1. The zero-order valence-electron chi connectivity index (χ0n) is 8.09. The molecule has 0 bridgehead atoms. The third-order valence-electron chi connectivity index (χ3n) is 1.37. The van der Waals surface area contributed by atoms with E-state index < -0.39 is 0 Å². The van der Waals surface area contributed by atoms with Gasteiger partial charge in [0.25, 0.3) is 0 Å². The molecule has 3 heteroatoms. The minimum absolute atomic E-state index is 0. The molecule has 1 aromatic carbocycles. The molecule has 1 rings (SSSR count). The Morgan fingerprint density at radius 3 is 2.31 bits per heavy atom. The van der Waals surface area contributed by atoms with Crippen molar-refractivity contribution in [2.24, 2.45) is 0 Å². The standard InChI is InChI=1S/C10H13O.BrH.Mg/c1-9(2)11-8-10-6-4-3-5-7-10;;/h4-7,9H,8H2,1-2H3;1H;/q-1;;+2/p-1. The SMILES string of the molecule is CC(C)OCc1cc[c-]cc1.[Br-].[Mg+2]. The van der Waals surface area contributed by atoms with Gasteiger partial charge in [0, 0.05) is 6.61 Å². The fraction of sp³-hybridized carbons (Fsp3) is 0.400. The van der Waals surface area contributed by atoms with Crippen LogP contribution in [0.5, 0.6) is 0 Å². The molecule has 0 fully saturated rings. The molecule has 0 heterocycles. The second kappa shape index (κ2) is 9.00. The first-order chi connectivity index (χ1) is 5.29. The number of hydrogen-bond donors (Lipinski definition) is 0. The van der Waals surface area contributed by atoms with Crippen molar-refractivity contribution in [2.75, 3.05) is 0 Å². The molecule has 0 aliphatic heterocycles. The second-order valence-electron chi connectivity index (χ2n) is 2.77. The summed E-state index contributed by atoms with van der Waals surface area (Å²) in [6.45, 7) is 4.77. The molecular weight excluding hydrogens is 240 g/mol. The average Bonchev–Trinajstić information content (AvgIpc) is 2.03. The summed E-state index contributed by atoms with van der Waals surface area (Å²) < 4.78 is 5.41. The maximum Gasteiger partial charge on any atom is 2.00 e. The van der Waals surface area contributed by atoms with Gasteiger partial charge in [0.15, 0.2) is 0 Å². The second-order valence-corrected chi connectivity index (χ2v) is 2.77. The molecule has 0 N–H and O–H groups in total.